The summed E-state index contributed by atoms with van der Waals surface area (Å²) in [4.78, 5) is 0. The van der Waals surface area contributed by atoms with Crippen molar-refractivity contribution in [1.82, 2.24) is 0 Å². The van der Waals surface area contributed by atoms with Crippen molar-refractivity contribution in [3.63, 3.8) is 0 Å². The second-order valence-corrected chi connectivity index (χ2v) is 6.75. The van der Waals surface area contributed by atoms with Crippen LogP contribution in [0.25, 0.3) is 11.1 Å². The molecule has 3 aliphatic rings. The van der Waals surface area contributed by atoms with Gasteiger partial charge in [0, 0.05) is 0 Å². The van der Waals surface area contributed by atoms with E-state index in [1.165, 1.54) is 22.1 Å². The van der Waals surface area contributed by atoms with E-state index >= 15 is 0 Å². The molecule has 5 heteroatoms. The number of epoxide rings is 2. The van der Waals surface area contributed by atoms with Crippen molar-refractivity contribution in [3.8, 4) is 22.6 Å². The Bertz CT molecular complexity index is 717. The minimum atomic E-state index is 0.281. The summed E-state index contributed by atoms with van der Waals surface area (Å²) in [5.74, 6) is 1.84. The third-order valence-electron chi connectivity index (χ3n) is 4.95. The third-order valence-corrected chi connectivity index (χ3v) is 4.95. The van der Waals surface area contributed by atoms with E-state index in [-0.39, 0.29) is 12.2 Å². The van der Waals surface area contributed by atoms with E-state index in [1.807, 2.05) is 0 Å². The maximum Gasteiger partial charge on any atom is 0.208 e. The minimum Gasteiger partial charge on any atom is -0.491 e. The Labute approximate surface area is 141 Å². The number of hydrogen-bond acceptors (Lipinski definition) is 4. The summed E-state index contributed by atoms with van der Waals surface area (Å²) < 4.78 is 22.1. The molecule has 2 atom stereocenters. The molecule has 4 nitrogen and oxygen atoms in total. The predicted octanol–water partition coefficient (Wildman–Crippen LogP) is 1.46. The van der Waals surface area contributed by atoms with Gasteiger partial charge in [-0.25, -0.2) is 0 Å². The molecule has 0 radical (unpaired) electrons. The van der Waals surface area contributed by atoms with Gasteiger partial charge in [-0.05, 0) is 35.4 Å². The lowest BCUT2D eigenvalue weighted by molar-refractivity contribution is 0.263. The average molecular weight is 322 g/mol. The Kier molecular flexibility index (Phi) is 3.32. The van der Waals surface area contributed by atoms with Crippen LogP contribution in [-0.4, -0.2) is 45.3 Å². The van der Waals surface area contributed by atoms with Crippen LogP contribution < -0.4 is 20.4 Å². The van der Waals surface area contributed by atoms with Gasteiger partial charge in [0.25, 0.3) is 0 Å². The molecule has 3 heterocycles. The lowest BCUT2D eigenvalue weighted by Gasteiger charge is -2.08. The quantitative estimate of drug-likeness (QED) is 0.597. The summed E-state index contributed by atoms with van der Waals surface area (Å²) in [6.07, 6.45) is 0.561. The molecule has 3 aliphatic heterocycles. The van der Waals surface area contributed by atoms with Crippen LogP contribution in [0.3, 0.4) is 0 Å². The summed E-state index contributed by atoms with van der Waals surface area (Å²) in [5.41, 5.74) is 5.23. The summed E-state index contributed by atoms with van der Waals surface area (Å²) >= 11 is 0. The first-order valence-corrected chi connectivity index (χ1v) is 8.55. The van der Waals surface area contributed by atoms with Crippen LogP contribution in [0.15, 0.2) is 36.4 Å². The molecule has 0 aromatic heterocycles. The normalized spacial score (nSPS) is 22.8. The fourth-order valence-corrected chi connectivity index (χ4v) is 3.34. The second-order valence-electron chi connectivity index (χ2n) is 6.75. The molecule has 0 aliphatic carbocycles. The van der Waals surface area contributed by atoms with Gasteiger partial charge in [-0.3, -0.25) is 0 Å². The monoisotopic (exact) mass is 322 g/mol. The van der Waals surface area contributed by atoms with E-state index in [0.29, 0.717) is 19.9 Å². The lowest BCUT2D eigenvalue weighted by atomic mass is 9.45. The first-order valence-electron chi connectivity index (χ1n) is 8.55. The van der Waals surface area contributed by atoms with Crippen molar-refractivity contribution in [3.05, 3.63) is 36.4 Å². The van der Waals surface area contributed by atoms with Crippen molar-refractivity contribution >= 4 is 17.6 Å². The van der Waals surface area contributed by atoms with Crippen LogP contribution >= 0.6 is 0 Å². The molecule has 2 aromatic rings. The van der Waals surface area contributed by atoms with E-state index in [0.717, 1.165) is 24.7 Å². The Morgan fingerprint density at radius 1 is 0.875 bits per heavy atom. The highest BCUT2D eigenvalue weighted by Gasteiger charge is 2.30. The van der Waals surface area contributed by atoms with Crippen LogP contribution in [0.5, 0.6) is 11.5 Å². The second kappa shape index (κ2) is 5.54. The number of hydrogen-bond donors (Lipinski definition) is 0. The fourth-order valence-electron chi connectivity index (χ4n) is 3.34. The van der Waals surface area contributed by atoms with E-state index in [2.05, 4.69) is 43.2 Å². The predicted molar refractivity (Wildman–Crippen MR) is 93.2 cm³/mol. The zero-order chi connectivity index (χ0) is 16.1. The molecule has 2 fully saturated rings. The topological polar surface area (TPSA) is 43.5 Å². The van der Waals surface area contributed by atoms with Gasteiger partial charge < -0.3 is 18.9 Å². The molecule has 2 saturated heterocycles. The Hall–Kier alpha value is -1.98. The Morgan fingerprint density at radius 3 is 1.75 bits per heavy atom. The first-order chi connectivity index (χ1) is 11.8. The van der Waals surface area contributed by atoms with Gasteiger partial charge >= 0.3 is 0 Å². The van der Waals surface area contributed by atoms with Crippen LogP contribution in [0.1, 0.15) is 0 Å². The van der Waals surface area contributed by atoms with Crippen LogP contribution in [0, 0.1) is 0 Å². The molecule has 122 valence electrons. The molecule has 2 unspecified atom stereocenters. The van der Waals surface area contributed by atoms with Crippen LogP contribution in [0.4, 0.5) is 0 Å². The van der Waals surface area contributed by atoms with Gasteiger partial charge in [0.05, 0.1) is 13.2 Å². The zero-order valence-corrected chi connectivity index (χ0v) is 13.7. The van der Waals surface area contributed by atoms with E-state index in [4.69, 9.17) is 18.9 Å². The maximum absolute atomic E-state index is 5.83. The highest BCUT2D eigenvalue weighted by atomic mass is 16.6. The van der Waals surface area contributed by atoms with E-state index in [9.17, 15) is 0 Å². The largest absolute Gasteiger partial charge is 0.491 e. The van der Waals surface area contributed by atoms with Crippen molar-refractivity contribution in [2.24, 2.45) is 0 Å². The highest BCUT2D eigenvalue weighted by molar-refractivity contribution is 6.88. The molecule has 0 bridgehead atoms. The van der Waals surface area contributed by atoms with Gasteiger partial charge in [-0.15, -0.1) is 0 Å². The smallest absolute Gasteiger partial charge is 0.208 e. The number of rotatable bonds is 6. The van der Waals surface area contributed by atoms with Crippen LogP contribution in [-0.2, 0) is 9.47 Å². The third kappa shape index (κ3) is 2.68. The molecule has 0 spiro atoms. The average Bonchev–Trinajstić information content (AvgIpc) is 3.52. The SMILES string of the molecule is CB1c2cc(OCC3CO3)ccc2-c2ccc(OCC3CO3)cc21. The van der Waals surface area contributed by atoms with Crippen LogP contribution in [0.2, 0.25) is 6.82 Å². The standard InChI is InChI=1S/C19H19BO4/c1-20-18-6-12(21-8-14-10-23-14)2-4-16(18)17-5-3-13(7-19(17)20)22-9-15-11-24-15/h2-7,14-15H,8-11H2,1H3. The zero-order valence-electron chi connectivity index (χ0n) is 13.7. The first kappa shape index (κ1) is 14.4. The van der Waals surface area contributed by atoms with Crippen molar-refractivity contribution in [1.29, 1.82) is 0 Å². The summed E-state index contributed by atoms with van der Waals surface area (Å²) in [6.45, 7) is 5.51. The molecule has 0 amide bonds. The van der Waals surface area contributed by atoms with E-state index < -0.39 is 0 Å². The van der Waals surface area contributed by atoms with Gasteiger partial charge in [0.15, 0.2) is 0 Å². The highest BCUT2D eigenvalue weighted by Crippen LogP contribution is 2.28. The Morgan fingerprint density at radius 2 is 1.33 bits per heavy atom. The Balaban J connectivity index is 1.39. The number of ether oxygens (including phenoxy) is 4. The van der Waals surface area contributed by atoms with Gasteiger partial charge in [0.2, 0.25) is 6.71 Å². The van der Waals surface area contributed by atoms with Crippen molar-refractivity contribution in [2.45, 2.75) is 19.0 Å². The summed E-state index contributed by atoms with van der Waals surface area (Å²) in [5, 5.41) is 0. The van der Waals surface area contributed by atoms with E-state index in [1.54, 1.807) is 0 Å². The molecule has 5 rings (SSSR count). The minimum absolute atomic E-state index is 0.281. The molecular formula is C19H19BO4. The molecule has 0 N–H and O–H groups in total. The number of benzene rings is 2. The van der Waals surface area contributed by atoms with Gasteiger partial charge in [-0.2, -0.15) is 0 Å². The summed E-state index contributed by atoms with van der Waals surface area (Å²) in [6, 6.07) is 12.8. The number of fused-ring (bicyclic) bond motifs is 3. The maximum atomic E-state index is 5.83. The summed E-state index contributed by atoms with van der Waals surface area (Å²) in [7, 11) is 0. The lowest BCUT2D eigenvalue weighted by Crippen LogP contribution is -2.34. The molecule has 24 heavy (non-hydrogen) atoms. The molecular weight excluding hydrogens is 303 g/mol. The van der Waals surface area contributed by atoms with Crippen molar-refractivity contribution in [2.75, 3.05) is 26.4 Å². The van der Waals surface area contributed by atoms with Gasteiger partial charge in [0.1, 0.15) is 36.9 Å². The van der Waals surface area contributed by atoms with Crippen molar-refractivity contribution < 1.29 is 18.9 Å². The molecule has 2 aromatic carbocycles. The molecule has 0 saturated carbocycles. The van der Waals surface area contributed by atoms with Gasteiger partial charge in [-0.1, -0.05) is 29.9 Å². The fraction of sp³-hybridized carbons (Fsp3) is 0.368.